The van der Waals surface area contributed by atoms with E-state index in [9.17, 15) is 9.59 Å². The van der Waals surface area contributed by atoms with E-state index in [1.54, 1.807) is 0 Å². The maximum atomic E-state index is 12.1. The summed E-state index contributed by atoms with van der Waals surface area (Å²) in [4.78, 5) is 22.8. The van der Waals surface area contributed by atoms with Gasteiger partial charge in [0.25, 0.3) is 0 Å². The molecular formula is C18H30N2O4. The van der Waals surface area contributed by atoms with E-state index in [2.05, 4.69) is 26.1 Å². The maximum absolute atomic E-state index is 12.1. The van der Waals surface area contributed by atoms with Gasteiger partial charge in [0.2, 0.25) is 5.91 Å². The molecule has 3 aliphatic carbocycles. The fourth-order valence-corrected chi connectivity index (χ4v) is 5.01. The number of hydrogen-bond acceptors (Lipinski definition) is 4. The summed E-state index contributed by atoms with van der Waals surface area (Å²) >= 11 is 0. The molecule has 0 radical (unpaired) electrons. The Bertz CT molecular complexity index is 538. The van der Waals surface area contributed by atoms with Gasteiger partial charge in [0.15, 0.2) is 0 Å². The molecule has 3 saturated carbocycles. The lowest BCUT2D eigenvalue weighted by atomic mass is 9.70. The molecule has 0 aromatic rings. The van der Waals surface area contributed by atoms with E-state index in [1.165, 1.54) is 19.3 Å². The van der Waals surface area contributed by atoms with Crippen LogP contribution in [0.1, 0.15) is 59.3 Å². The Morgan fingerprint density at radius 1 is 1.29 bits per heavy atom. The second-order valence-electron chi connectivity index (χ2n) is 9.08. The first kappa shape index (κ1) is 17.7. The summed E-state index contributed by atoms with van der Waals surface area (Å²) in [6.07, 6.45) is 5.33. The molecule has 2 bridgehead atoms. The highest BCUT2D eigenvalue weighted by atomic mass is 16.5. The highest BCUT2D eigenvalue weighted by Crippen LogP contribution is 2.63. The molecule has 4 N–H and O–H groups in total. The highest BCUT2D eigenvalue weighted by molar-refractivity contribution is 5.86. The molecular weight excluding hydrogens is 308 g/mol. The molecule has 1 amide bonds. The predicted octanol–water partition coefficient (Wildman–Crippen LogP) is 1.67. The minimum atomic E-state index is -1.06. The van der Waals surface area contributed by atoms with Crippen LogP contribution in [0.2, 0.25) is 0 Å². The molecule has 0 saturated heterocycles. The van der Waals surface area contributed by atoms with Crippen LogP contribution in [0.3, 0.4) is 0 Å². The molecule has 24 heavy (non-hydrogen) atoms. The van der Waals surface area contributed by atoms with Crippen molar-refractivity contribution in [2.75, 3.05) is 6.61 Å². The Balaban J connectivity index is 1.57. The molecule has 136 valence electrons. The zero-order chi connectivity index (χ0) is 17.8. The van der Waals surface area contributed by atoms with E-state index in [0.29, 0.717) is 6.61 Å². The van der Waals surface area contributed by atoms with Crippen LogP contribution in [0.25, 0.3) is 0 Å². The van der Waals surface area contributed by atoms with Gasteiger partial charge in [0.1, 0.15) is 0 Å². The summed E-state index contributed by atoms with van der Waals surface area (Å²) in [5, 5.41) is 11.7. The van der Waals surface area contributed by atoms with Crippen molar-refractivity contribution in [1.82, 2.24) is 5.32 Å². The van der Waals surface area contributed by atoms with Crippen LogP contribution in [0.15, 0.2) is 0 Å². The zero-order valence-electron chi connectivity index (χ0n) is 14.9. The summed E-state index contributed by atoms with van der Waals surface area (Å²) in [6, 6.07) is -1.00. The molecule has 3 unspecified atom stereocenters. The number of fused-ring (bicyclic) bond motifs is 2. The SMILES string of the molecule is CC12CCC(C1)C(C)(C)C2OCC1(NC(=O)[C@@H](N)CC(=O)O)CC1. The molecule has 4 atom stereocenters. The average Bonchev–Trinajstić information content (AvgIpc) is 3.03. The number of carboxylic acid groups (broad SMARTS) is 1. The summed E-state index contributed by atoms with van der Waals surface area (Å²) in [5.74, 6) is -0.728. The normalized spacial score (nSPS) is 36.3. The monoisotopic (exact) mass is 338 g/mol. The second kappa shape index (κ2) is 5.70. The van der Waals surface area contributed by atoms with E-state index >= 15 is 0 Å². The Hall–Kier alpha value is -1.14. The van der Waals surface area contributed by atoms with Gasteiger partial charge in [-0.3, -0.25) is 9.59 Å². The molecule has 3 fully saturated rings. The number of carbonyl (C=O) groups is 2. The van der Waals surface area contributed by atoms with Gasteiger partial charge >= 0.3 is 5.97 Å². The standard InChI is InChI=1S/C18H30N2O4/c1-16(2)11-4-5-17(3,9-11)15(16)24-10-18(6-7-18)20-14(23)12(19)8-13(21)22/h11-12,15H,4-10,19H2,1-3H3,(H,20,23)(H,21,22)/t11?,12-,15?,17?/m0/s1. The van der Waals surface area contributed by atoms with E-state index in [1.807, 2.05) is 0 Å². The van der Waals surface area contributed by atoms with Crippen molar-refractivity contribution in [3.8, 4) is 0 Å². The minimum absolute atomic E-state index is 0.173. The minimum Gasteiger partial charge on any atom is -0.481 e. The number of amides is 1. The van der Waals surface area contributed by atoms with Crippen molar-refractivity contribution < 1.29 is 19.4 Å². The van der Waals surface area contributed by atoms with Crippen molar-refractivity contribution in [3.05, 3.63) is 0 Å². The molecule has 3 aliphatic rings. The van der Waals surface area contributed by atoms with Crippen molar-refractivity contribution in [3.63, 3.8) is 0 Å². The largest absolute Gasteiger partial charge is 0.481 e. The Labute approximate surface area is 143 Å². The van der Waals surface area contributed by atoms with Crippen molar-refractivity contribution >= 4 is 11.9 Å². The summed E-state index contributed by atoms with van der Waals surface area (Å²) in [7, 11) is 0. The second-order valence-corrected chi connectivity index (χ2v) is 9.08. The smallest absolute Gasteiger partial charge is 0.305 e. The third kappa shape index (κ3) is 3.06. The third-order valence-electron chi connectivity index (χ3n) is 6.64. The number of hydrogen-bond donors (Lipinski definition) is 3. The van der Waals surface area contributed by atoms with E-state index in [0.717, 1.165) is 18.8 Å². The first-order chi connectivity index (χ1) is 11.1. The van der Waals surface area contributed by atoms with Crippen LogP contribution in [-0.4, -0.2) is 41.3 Å². The molecule has 6 heteroatoms. The summed E-state index contributed by atoms with van der Waals surface area (Å²) in [6.45, 7) is 7.42. The van der Waals surface area contributed by atoms with Gasteiger partial charge in [-0.25, -0.2) is 0 Å². The Morgan fingerprint density at radius 3 is 2.46 bits per heavy atom. The quantitative estimate of drug-likeness (QED) is 0.655. The van der Waals surface area contributed by atoms with Gasteiger partial charge in [0, 0.05) is 0 Å². The number of ether oxygens (including phenoxy) is 1. The topological polar surface area (TPSA) is 102 Å². The van der Waals surface area contributed by atoms with Crippen LogP contribution in [0.5, 0.6) is 0 Å². The van der Waals surface area contributed by atoms with Crippen LogP contribution >= 0.6 is 0 Å². The van der Waals surface area contributed by atoms with Crippen molar-refractivity contribution in [2.45, 2.75) is 77.0 Å². The Morgan fingerprint density at radius 2 is 1.96 bits per heavy atom. The van der Waals surface area contributed by atoms with Gasteiger partial charge in [-0.15, -0.1) is 0 Å². The number of nitrogens with one attached hydrogen (secondary N) is 1. The number of rotatable bonds is 7. The van der Waals surface area contributed by atoms with Gasteiger partial charge in [-0.1, -0.05) is 20.8 Å². The molecule has 0 aromatic heterocycles. The van der Waals surface area contributed by atoms with Crippen molar-refractivity contribution in [2.24, 2.45) is 22.5 Å². The number of aliphatic carboxylic acids is 1. The van der Waals surface area contributed by atoms with E-state index < -0.39 is 17.9 Å². The first-order valence-electron chi connectivity index (χ1n) is 8.99. The lowest BCUT2D eigenvalue weighted by Gasteiger charge is -2.43. The lowest BCUT2D eigenvalue weighted by Crippen LogP contribution is -2.51. The van der Waals surface area contributed by atoms with Gasteiger partial charge in [0.05, 0.1) is 30.7 Å². The fourth-order valence-electron chi connectivity index (χ4n) is 5.01. The van der Waals surface area contributed by atoms with Crippen LogP contribution in [-0.2, 0) is 14.3 Å². The third-order valence-corrected chi connectivity index (χ3v) is 6.64. The highest BCUT2D eigenvalue weighted by Gasteiger charge is 2.60. The van der Waals surface area contributed by atoms with Crippen molar-refractivity contribution in [1.29, 1.82) is 0 Å². The summed E-state index contributed by atoms with van der Waals surface area (Å²) < 4.78 is 6.37. The Kier molecular flexibility index (Phi) is 4.20. The van der Waals surface area contributed by atoms with Gasteiger partial charge < -0.3 is 20.9 Å². The molecule has 0 aromatic carbocycles. The fraction of sp³-hybridized carbons (Fsp3) is 0.889. The summed E-state index contributed by atoms with van der Waals surface area (Å²) in [5.41, 5.74) is 5.72. The number of carbonyl (C=O) groups excluding carboxylic acids is 1. The predicted molar refractivity (Wildman–Crippen MR) is 89.3 cm³/mol. The lowest BCUT2D eigenvalue weighted by molar-refractivity contribution is -0.140. The number of nitrogens with two attached hydrogens (primary N) is 1. The van der Waals surface area contributed by atoms with E-state index in [4.69, 9.17) is 15.6 Å². The molecule has 6 nitrogen and oxygen atoms in total. The van der Waals surface area contributed by atoms with Crippen LogP contribution in [0, 0.1) is 16.7 Å². The van der Waals surface area contributed by atoms with Crippen LogP contribution in [0.4, 0.5) is 0 Å². The molecule has 0 spiro atoms. The maximum Gasteiger partial charge on any atom is 0.305 e. The average molecular weight is 338 g/mol. The zero-order valence-corrected chi connectivity index (χ0v) is 14.9. The van der Waals surface area contributed by atoms with E-state index in [-0.39, 0.29) is 28.9 Å². The van der Waals surface area contributed by atoms with Crippen LogP contribution < -0.4 is 11.1 Å². The van der Waals surface area contributed by atoms with Gasteiger partial charge in [-0.05, 0) is 48.9 Å². The molecule has 0 heterocycles. The van der Waals surface area contributed by atoms with Gasteiger partial charge in [-0.2, -0.15) is 0 Å². The molecule has 3 rings (SSSR count). The first-order valence-corrected chi connectivity index (χ1v) is 8.99. The molecule has 0 aliphatic heterocycles. The number of carboxylic acids is 1.